The van der Waals surface area contributed by atoms with E-state index in [2.05, 4.69) is 98.9 Å². The molecule has 0 bridgehead atoms. The van der Waals surface area contributed by atoms with Crippen LogP contribution >= 0.6 is 0 Å². The monoisotopic (exact) mass is 923 g/mol. The number of unbranched alkanes of at least 4 members (excludes halogenated alkanes) is 19. The van der Waals surface area contributed by atoms with E-state index in [1.165, 1.54) is 89.9 Å². The topological polar surface area (TPSA) is 99.1 Å². The molecular weight excluding hydrogens is 823 g/mol. The first-order valence-electron chi connectivity index (χ1n) is 26.6. The van der Waals surface area contributed by atoms with E-state index in [0.717, 1.165) is 89.9 Å². The van der Waals surface area contributed by atoms with E-state index in [-0.39, 0.29) is 36.2 Å². The maximum Gasteiger partial charge on any atom is 0.362 e. The Kier molecular flexibility index (Phi) is 45.4. The molecular formula is C58H100NO7+. The van der Waals surface area contributed by atoms with E-state index >= 15 is 0 Å². The molecule has 8 nitrogen and oxygen atoms in total. The zero-order valence-electron chi connectivity index (χ0n) is 43.1. The highest BCUT2D eigenvalue weighted by atomic mass is 16.6. The van der Waals surface area contributed by atoms with Gasteiger partial charge in [-0.3, -0.25) is 9.59 Å². The van der Waals surface area contributed by atoms with Crippen LogP contribution in [0.5, 0.6) is 0 Å². The molecule has 0 heterocycles. The predicted molar refractivity (Wildman–Crippen MR) is 280 cm³/mol. The summed E-state index contributed by atoms with van der Waals surface area (Å²) in [5.41, 5.74) is 0. The Balaban J connectivity index is 4.31. The Morgan fingerprint density at radius 3 is 1.27 bits per heavy atom. The van der Waals surface area contributed by atoms with Crippen molar-refractivity contribution in [1.82, 2.24) is 0 Å². The average molecular weight is 923 g/mol. The smallest absolute Gasteiger partial charge is 0.362 e. The average Bonchev–Trinajstić information content (AvgIpc) is 3.28. The first kappa shape index (κ1) is 62.5. The van der Waals surface area contributed by atoms with Gasteiger partial charge in [-0.1, -0.05) is 189 Å². The number of hydrogen-bond acceptors (Lipinski definition) is 6. The van der Waals surface area contributed by atoms with Gasteiger partial charge in [0.15, 0.2) is 12.1 Å². The number of carboxylic acid groups (broad SMARTS) is 1. The van der Waals surface area contributed by atoms with Crippen molar-refractivity contribution in [2.75, 3.05) is 41.0 Å². The number of carbonyl (C=O) groups excluding carboxylic acids is 2. The third-order valence-corrected chi connectivity index (χ3v) is 11.5. The number of ether oxygens (including phenoxy) is 3. The van der Waals surface area contributed by atoms with Crippen LogP contribution in [0.4, 0.5) is 0 Å². The van der Waals surface area contributed by atoms with Gasteiger partial charge in [-0.15, -0.1) is 0 Å². The van der Waals surface area contributed by atoms with Crippen molar-refractivity contribution in [3.8, 4) is 0 Å². The maximum absolute atomic E-state index is 12.8. The Labute approximate surface area is 405 Å². The number of hydrogen-bond donors (Lipinski definition) is 1. The normalized spacial score (nSPS) is 13.5. The van der Waals surface area contributed by atoms with Crippen molar-refractivity contribution in [3.63, 3.8) is 0 Å². The van der Waals surface area contributed by atoms with Crippen LogP contribution in [0.25, 0.3) is 0 Å². The molecule has 378 valence electrons. The van der Waals surface area contributed by atoms with E-state index in [4.69, 9.17) is 14.2 Å². The first-order valence-corrected chi connectivity index (χ1v) is 26.6. The molecule has 0 spiro atoms. The molecule has 0 aliphatic heterocycles. The zero-order valence-corrected chi connectivity index (χ0v) is 43.1. The van der Waals surface area contributed by atoms with Crippen LogP contribution in [0.15, 0.2) is 85.1 Å². The Hall–Kier alpha value is -3.49. The molecule has 0 amide bonds. The van der Waals surface area contributed by atoms with Crippen LogP contribution in [0, 0.1) is 0 Å². The van der Waals surface area contributed by atoms with Crippen LogP contribution in [-0.2, 0) is 28.6 Å². The van der Waals surface area contributed by atoms with Crippen LogP contribution in [0.2, 0.25) is 0 Å². The summed E-state index contributed by atoms with van der Waals surface area (Å²) in [4.78, 5) is 37.2. The molecule has 8 heteroatoms. The van der Waals surface area contributed by atoms with Gasteiger partial charge in [-0.2, -0.15) is 0 Å². The Morgan fingerprint density at radius 1 is 0.470 bits per heavy atom. The molecule has 0 aliphatic carbocycles. The number of carbonyl (C=O) groups is 3. The van der Waals surface area contributed by atoms with Crippen molar-refractivity contribution >= 4 is 17.9 Å². The second-order valence-corrected chi connectivity index (χ2v) is 18.7. The summed E-state index contributed by atoms with van der Waals surface area (Å²) in [6.45, 7) is 4.59. The highest BCUT2D eigenvalue weighted by molar-refractivity contribution is 5.72. The van der Waals surface area contributed by atoms with Gasteiger partial charge < -0.3 is 23.8 Å². The van der Waals surface area contributed by atoms with Gasteiger partial charge >= 0.3 is 17.9 Å². The Bertz CT molecular complexity index is 1350. The van der Waals surface area contributed by atoms with Crippen LogP contribution in [0.3, 0.4) is 0 Å². The van der Waals surface area contributed by atoms with Gasteiger partial charge in [-0.25, -0.2) is 4.79 Å². The van der Waals surface area contributed by atoms with Crippen molar-refractivity contribution in [2.45, 2.75) is 225 Å². The standard InChI is InChI=1S/C58H99NO7/c1-6-8-10-12-14-16-18-20-22-24-26-27-28-29-31-33-35-37-39-41-43-45-47-49-57(61)66-54(52-64-51-50-55(58(62)63)59(3,4)5)53-65-56(60)48-46-44-42-40-38-36-34-32-30-25-23-21-19-17-15-13-11-9-7-2/h9,11,15,17,21,23,26-27,29-32,36,38,54-55H,6-8,10,12-14,16,18-20,22,24-25,28,33-35,37,39-53H2,1-5H3/p+1/b11-9+,17-15+,23-21+,27-26+,31-29+,32-30+,38-36+. The van der Waals surface area contributed by atoms with Crippen LogP contribution in [0.1, 0.15) is 213 Å². The van der Waals surface area contributed by atoms with E-state index < -0.39 is 18.1 Å². The number of quaternary nitrogens is 1. The lowest BCUT2D eigenvalue weighted by Crippen LogP contribution is -2.50. The highest BCUT2D eigenvalue weighted by Gasteiger charge is 2.31. The van der Waals surface area contributed by atoms with Crippen LogP contribution in [-0.4, -0.2) is 80.6 Å². The molecule has 0 radical (unpaired) electrons. The second kappa shape index (κ2) is 48.0. The molecule has 2 unspecified atom stereocenters. The number of nitrogens with zero attached hydrogens (tertiary/aromatic N) is 1. The molecule has 66 heavy (non-hydrogen) atoms. The van der Waals surface area contributed by atoms with E-state index in [1.54, 1.807) is 0 Å². The fraction of sp³-hybridized carbons (Fsp3) is 0.707. The number of likely N-dealkylation sites (N-methyl/N-ethyl adjacent to an activating group) is 1. The molecule has 0 fully saturated rings. The molecule has 0 rings (SSSR count). The Morgan fingerprint density at radius 2 is 0.848 bits per heavy atom. The minimum atomic E-state index is -0.883. The SMILES string of the molecule is CC/C=C/C/C=C/C/C=C/C/C=C/C/C=C/CCCCCC(=O)OCC(COCCC(C(=O)O)[N+](C)(C)C)OC(=O)CCCCCCCCC/C=C/C/C=C/CCCCCCCCCCC. The van der Waals surface area contributed by atoms with Crippen molar-refractivity contribution < 1.29 is 38.2 Å². The number of aliphatic carboxylic acids is 1. The molecule has 2 atom stereocenters. The van der Waals surface area contributed by atoms with Crippen LogP contribution < -0.4 is 0 Å². The number of allylic oxidation sites excluding steroid dienone is 14. The minimum Gasteiger partial charge on any atom is -0.477 e. The van der Waals surface area contributed by atoms with Gasteiger partial charge in [0.05, 0.1) is 34.4 Å². The van der Waals surface area contributed by atoms with Gasteiger partial charge in [0.1, 0.15) is 6.61 Å². The minimum absolute atomic E-state index is 0.0427. The van der Waals surface area contributed by atoms with E-state index in [0.29, 0.717) is 19.3 Å². The fourth-order valence-electron chi connectivity index (χ4n) is 7.44. The number of carboxylic acids is 1. The lowest BCUT2D eigenvalue weighted by atomic mass is 10.1. The summed E-state index contributed by atoms with van der Waals surface area (Å²) < 4.78 is 17.3. The van der Waals surface area contributed by atoms with Crippen molar-refractivity contribution in [2.24, 2.45) is 0 Å². The van der Waals surface area contributed by atoms with Gasteiger partial charge in [-0.05, 0) is 89.9 Å². The van der Waals surface area contributed by atoms with Gasteiger partial charge in [0.25, 0.3) is 0 Å². The van der Waals surface area contributed by atoms with Crippen molar-refractivity contribution in [1.29, 1.82) is 0 Å². The number of esters is 2. The van der Waals surface area contributed by atoms with Crippen molar-refractivity contribution in [3.05, 3.63) is 85.1 Å². The summed E-state index contributed by atoms with van der Waals surface area (Å²) in [7, 11) is 5.52. The van der Waals surface area contributed by atoms with E-state index in [9.17, 15) is 19.5 Å². The maximum atomic E-state index is 12.8. The molecule has 0 aromatic rings. The lowest BCUT2D eigenvalue weighted by molar-refractivity contribution is -0.887. The summed E-state index contributed by atoms with van der Waals surface area (Å²) in [6, 6.07) is -0.627. The molecule has 1 N–H and O–H groups in total. The quantitative estimate of drug-likeness (QED) is 0.0281. The zero-order chi connectivity index (χ0) is 48.4. The first-order chi connectivity index (χ1) is 32.1. The largest absolute Gasteiger partial charge is 0.477 e. The molecule has 0 aromatic carbocycles. The third-order valence-electron chi connectivity index (χ3n) is 11.5. The molecule has 0 aliphatic rings. The summed E-state index contributed by atoms with van der Waals surface area (Å²) in [6.07, 6.45) is 63.5. The second-order valence-electron chi connectivity index (χ2n) is 18.7. The summed E-state index contributed by atoms with van der Waals surface area (Å²) >= 11 is 0. The number of rotatable bonds is 47. The fourth-order valence-corrected chi connectivity index (χ4v) is 7.44. The molecule has 0 aromatic heterocycles. The van der Waals surface area contributed by atoms with Gasteiger partial charge in [0.2, 0.25) is 0 Å². The molecule has 0 saturated carbocycles. The molecule has 0 saturated heterocycles. The van der Waals surface area contributed by atoms with E-state index in [1.807, 2.05) is 21.1 Å². The highest BCUT2D eigenvalue weighted by Crippen LogP contribution is 2.14. The lowest BCUT2D eigenvalue weighted by Gasteiger charge is -2.31. The summed E-state index contributed by atoms with van der Waals surface area (Å²) in [5.74, 6) is -1.52. The van der Waals surface area contributed by atoms with Gasteiger partial charge in [0, 0.05) is 19.3 Å². The predicted octanol–water partition coefficient (Wildman–Crippen LogP) is 15.6. The third kappa shape index (κ3) is 45.7. The summed E-state index contributed by atoms with van der Waals surface area (Å²) in [5, 5.41) is 9.66.